The summed E-state index contributed by atoms with van der Waals surface area (Å²) in [6.07, 6.45) is 2.51. The van der Waals surface area contributed by atoms with Crippen molar-refractivity contribution in [2.24, 2.45) is 11.8 Å². The average Bonchev–Trinajstić information content (AvgIpc) is 2.34. The first-order chi connectivity index (χ1) is 7.86. The van der Waals surface area contributed by atoms with E-state index in [9.17, 15) is 14.4 Å². The van der Waals surface area contributed by atoms with Crippen LogP contribution in [0.1, 0.15) is 34.1 Å². The highest BCUT2D eigenvalue weighted by molar-refractivity contribution is 6.14. The van der Waals surface area contributed by atoms with Crippen LogP contribution in [0, 0.1) is 11.8 Å². The number of carbonyl (C=O) groups excluding carboxylic acids is 3. The van der Waals surface area contributed by atoms with Gasteiger partial charge in [0.2, 0.25) is 0 Å². The molecule has 0 fully saturated rings. The fraction of sp³-hybridized carbons (Fsp3) is 0.615. The van der Waals surface area contributed by atoms with Crippen LogP contribution < -0.4 is 0 Å². The van der Waals surface area contributed by atoms with E-state index < -0.39 is 23.6 Å². The minimum Gasteiger partial charge on any atom is -0.468 e. The lowest BCUT2D eigenvalue weighted by atomic mass is 9.89. The van der Waals surface area contributed by atoms with Crippen LogP contribution >= 0.6 is 0 Å². The van der Waals surface area contributed by atoms with E-state index in [0.29, 0.717) is 5.57 Å². The molecule has 0 saturated carbocycles. The molecule has 0 saturated heterocycles. The number of carbonyl (C=O) groups is 3. The molecule has 0 spiro atoms. The molecule has 4 nitrogen and oxygen atoms in total. The Bertz CT molecular complexity index is 341. The maximum Gasteiger partial charge on any atom is 0.315 e. The van der Waals surface area contributed by atoms with Crippen LogP contribution in [0.4, 0.5) is 0 Å². The first kappa shape index (κ1) is 15.6. The Morgan fingerprint density at radius 3 is 2.12 bits per heavy atom. The van der Waals surface area contributed by atoms with Crippen LogP contribution in [0.3, 0.4) is 0 Å². The fourth-order valence-corrected chi connectivity index (χ4v) is 1.55. The van der Waals surface area contributed by atoms with Crippen molar-refractivity contribution in [3.05, 3.63) is 11.6 Å². The summed E-state index contributed by atoms with van der Waals surface area (Å²) in [5, 5.41) is 0. The van der Waals surface area contributed by atoms with Gasteiger partial charge in [0, 0.05) is 0 Å². The van der Waals surface area contributed by atoms with Gasteiger partial charge < -0.3 is 4.74 Å². The van der Waals surface area contributed by atoms with Crippen molar-refractivity contribution >= 4 is 17.5 Å². The second-order valence-electron chi connectivity index (χ2n) is 4.03. The number of allylic oxidation sites excluding steroid dienone is 2. The monoisotopic (exact) mass is 240 g/mol. The maximum absolute atomic E-state index is 11.8. The lowest BCUT2D eigenvalue weighted by Crippen LogP contribution is -2.31. The van der Waals surface area contributed by atoms with Gasteiger partial charge in [-0.05, 0) is 32.8 Å². The molecule has 0 aromatic carbocycles. The van der Waals surface area contributed by atoms with E-state index in [1.54, 1.807) is 13.0 Å². The molecule has 0 heterocycles. The SMILES string of the molecule is CC/C=C(\C)C(=O)C(C)C(=O)C(C)C(=O)OC. The van der Waals surface area contributed by atoms with Crippen LogP contribution in [-0.2, 0) is 19.1 Å². The van der Waals surface area contributed by atoms with Crippen molar-refractivity contribution in [2.45, 2.75) is 34.1 Å². The largest absolute Gasteiger partial charge is 0.468 e. The second-order valence-corrected chi connectivity index (χ2v) is 4.03. The molecule has 0 aliphatic heterocycles. The van der Waals surface area contributed by atoms with Crippen LogP contribution in [0.2, 0.25) is 0 Å². The standard InChI is InChI=1S/C13H20O4/c1-6-7-8(2)11(14)9(3)12(15)10(4)13(16)17-5/h7,9-10H,6H2,1-5H3/b8-7+. The second kappa shape index (κ2) is 6.99. The van der Waals surface area contributed by atoms with E-state index in [1.807, 2.05) is 6.92 Å². The van der Waals surface area contributed by atoms with E-state index in [0.717, 1.165) is 6.42 Å². The number of ketones is 2. The zero-order chi connectivity index (χ0) is 13.6. The predicted octanol–water partition coefficient (Wildman–Crippen LogP) is 1.93. The number of hydrogen-bond donors (Lipinski definition) is 0. The Kier molecular flexibility index (Phi) is 6.39. The minimum absolute atomic E-state index is 0.229. The molecular formula is C13H20O4. The topological polar surface area (TPSA) is 60.4 Å². The molecule has 0 bridgehead atoms. The number of ether oxygens (including phenoxy) is 1. The summed E-state index contributed by atoms with van der Waals surface area (Å²) in [4.78, 5) is 34.9. The summed E-state index contributed by atoms with van der Waals surface area (Å²) in [6.45, 7) is 6.58. The zero-order valence-corrected chi connectivity index (χ0v) is 11.1. The van der Waals surface area contributed by atoms with Gasteiger partial charge in [-0.25, -0.2) is 0 Å². The third-order valence-corrected chi connectivity index (χ3v) is 2.70. The summed E-state index contributed by atoms with van der Waals surface area (Å²) < 4.78 is 4.49. The lowest BCUT2D eigenvalue weighted by Gasteiger charge is -2.13. The van der Waals surface area contributed by atoms with E-state index >= 15 is 0 Å². The van der Waals surface area contributed by atoms with Gasteiger partial charge in [0.05, 0.1) is 13.0 Å². The van der Waals surface area contributed by atoms with Crippen molar-refractivity contribution in [1.82, 2.24) is 0 Å². The number of methoxy groups -OCH3 is 1. The summed E-state index contributed by atoms with van der Waals surface area (Å²) in [6, 6.07) is 0. The first-order valence-electron chi connectivity index (χ1n) is 5.69. The molecule has 0 aromatic rings. The van der Waals surface area contributed by atoms with Crippen LogP contribution in [0.15, 0.2) is 11.6 Å². The average molecular weight is 240 g/mol. The summed E-state index contributed by atoms with van der Waals surface area (Å²) in [5.74, 6) is -2.93. The molecule has 0 radical (unpaired) electrons. The Labute approximate surface area is 102 Å². The van der Waals surface area contributed by atoms with Crippen molar-refractivity contribution in [2.75, 3.05) is 7.11 Å². The molecule has 0 aliphatic rings. The van der Waals surface area contributed by atoms with Gasteiger partial charge in [-0.15, -0.1) is 0 Å². The van der Waals surface area contributed by atoms with Crippen molar-refractivity contribution in [3.63, 3.8) is 0 Å². The molecule has 2 atom stereocenters. The molecule has 0 amide bonds. The molecule has 0 rings (SSSR count). The Balaban J connectivity index is 4.77. The third kappa shape index (κ3) is 4.13. The third-order valence-electron chi connectivity index (χ3n) is 2.70. The van der Waals surface area contributed by atoms with Gasteiger partial charge in [0.25, 0.3) is 0 Å². The number of hydrogen-bond acceptors (Lipinski definition) is 4. The van der Waals surface area contributed by atoms with E-state index in [2.05, 4.69) is 4.74 Å². The summed E-state index contributed by atoms with van der Waals surface area (Å²) >= 11 is 0. The Morgan fingerprint density at radius 1 is 1.18 bits per heavy atom. The zero-order valence-electron chi connectivity index (χ0n) is 11.1. The normalized spacial score (nSPS) is 15.0. The van der Waals surface area contributed by atoms with Gasteiger partial charge in [0.1, 0.15) is 5.92 Å². The number of esters is 1. The highest BCUT2D eigenvalue weighted by Gasteiger charge is 2.31. The lowest BCUT2D eigenvalue weighted by molar-refractivity contribution is -0.150. The first-order valence-corrected chi connectivity index (χ1v) is 5.69. The summed E-state index contributed by atoms with van der Waals surface area (Å²) in [5.41, 5.74) is 0.561. The molecule has 0 N–H and O–H groups in total. The van der Waals surface area contributed by atoms with E-state index in [1.165, 1.54) is 21.0 Å². The van der Waals surface area contributed by atoms with E-state index in [4.69, 9.17) is 0 Å². The maximum atomic E-state index is 11.8. The molecule has 0 aromatic heterocycles. The van der Waals surface area contributed by atoms with Crippen molar-refractivity contribution < 1.29 is 19.1 Å². The molecule has 0 aliphatic carbocycles. The van der Waals surface area contributed by atoms with Gasteiger partial charge >= 0.3 is 5.97 Å². The van der Waals surface area contributed by atoms with Crippen LogP contribution in [0.25, 0.3) is 0 Å². The molecule has 2 unspecified atom stereocenters. The van der Waals surface area contributed by atoms with Gasteiger partial charge in [-0.1, -0.05) is 13.0 Å². The number of Topliss-reactive ketones (excluding diaryl/α,β-unsaturated/α-hetero) is 2. The predicted molar refractivity (Wildman–Crippen MR) is 64.4 cm³/mol. The minimum atomic E-state index is -0.895. The highest BCUT2D eigenvalue weighted by Crippen LogP contribution is 2.14. The quantitative estimate of drug-likeness (QED) is 0.404. The smallest absolute Gasteiger partial charge is 0.315 e. The molecule has 4 heteroatoms. The van der Waals surface area contributed by atoms with Gasteiger partial charge in [-0.2, -0.15) is 0 Å². The van der Waals surface area contributed by atoms with Crippen molar-refractivity contribution in [1.29, 1.82) is 0 Å². The Morgan fingerprint density at radius 2 is 1.71 bits per heavy atom. The van der Waals surface area contributed by atoms with Crippen molar-refractivity contribution in [3.8, 4) is 0 Å². The Hall–Kier alpha value is -1.45. The fourth-order valence-electron chi connectivity index (χ4n) is 1.55. The van der Waals surface area contributed by atoms with E-state index in [-0.39, 0.29) is 5.78 Å². The molecular weight excluding hydrogens is 220 g/mol. The van der Waals surface area contributed by atoms with Gasteiger partial charge in [0.15, 0.2) is 11.6 Å². The summed E-state index contributed by atoms with van der Waals surface area (Å²) in [7, 11) is 1.22. The van der Waals surface area contributed by atoms with Gasteiger partial charge in [-0.3, -0.25) is 14.4 Å². The van der Waals surface area contributed by atoms with Crippen LogP contribution in [0.5, 0.6) is 0 Å². The highest BCUT2D eigenvalue weighted by atomic mass is 16.5. The molecule has 96 valence electrons. The number of rotatable bonds is 6. The molecule has 17 heavy (non-hydrogen) atoms. The van der Waals surface area contributed by atoms with Crippen LogP contribution in [-0.4, -0.2) is 24.6 Å².